The maximum atomic E-state index is 12.2. The van der Waals surface area contributed by atoms with Crippen LogP contribution in [0.4, 0.5) is 5.69 Å². The van der Waals surface area contributed by atoms with Crippen molar-refractivity contribution in [1.82, 2.24) is 0 Å². The molecule has 110 valence electrons. The number of carbonyl (C=O) groups is 1. The second kappa shape index (κ2) is 7.14. The Kier molecular flexibility index (Phi) is 5.82. The summed E-state index contributed by atoms with van der Waals surface area (Å²) in [5, 5.41) is 10.6. The normalized spacial score (nSPS) is 11.1. The average molecular weight is 303 g/mol. The minimum atomic E-state index is -3.85. The molecule has 9 heteroatoms. The summed E-state index contributed by atoms with van der Waals surface area (Å²) < 4.78 is 27.1. The van der Waals surface area contributed by atoms with Crippen molar-refractivity contribution in [2.45, 2.75) is 13.8 Å². The van der Waals surface area contributed by atoms with Gasteiger partial charge in [-0.2, -0.15) is 0 Å². The van der Waals surface area contributed by atoms with Crippen LogP contribution in [0.3, 0.4) is 0 Å². The molecule has 0 N–H and O–H groups in total. The highest BCUT2D eigenvalue weighted by molar-refractivity contribution is 7.48. The lowest BCUT2D eigenvalue weighted by atomic mass is 10.2. The van der Waals surface area contributed by atoms with Crippen LogP contribution in [0.5, 0.6) is 5.75 Å². The first-order valence-corrected chi connectivity index (χ1v) is 7.24. The number of hydrogen-bond donors (Lipinski definition) is 0. The zero-order chi connectivity index (χ0) is 15.2. The van der Waals surface area contributed by atoms with E-state index >= 15 is 0 Å². The van der Waals surface area contributed by atoms with Crippen LogP contribution in [-0.2, 0) is 13.6 Å². The molecular weight excluding hydrogens is 289 g/mol. The summed E-state index contributed by atoms with van der Waals surface area (Å²) in [6.45, 7) is 3.37. The molecule has 0 bridgehead atoms. The van der Waals surface area contributed by atoms with Gasteiger partial charge in [0.1, 0.15) is 5.75 Å². The number of phosphoric acid groups is 1. The van der Waals surface area contributed by atoms with Gasteiger partial charge in [-0.1, -0.05) is 0 Å². The zero-order valence-corrected chi connectivity index (χ0v) is 11.9. The molecule has 1 rings (SSSR count). The van der Waals surface area contributed by atoms with Crippen LogP contribution in [0.2, 0.25) is 0 Å². The fraction of sp³-hybridized carbons (Fsp3) is 0.364. The second-order valence-corrected chi connectivity index (χ2v) is 5.06. The van der Waals surface area contributed by atoms with E-state index in [1.54, 1.807) is 13.8 Å². The number of rotatable bonds is 8. The maximum absolute atomic E-state index is 12.2. The van der Waals surface area contributed by atoms with E-state index in [4.69, 9.17) is 13.6 Å². The van der Waals surface area contributed by atoms with Gasteiger partial charge in [-0.05, 0) is 19.9 Å². The monoisotopic (exact) mass is 303 g/mol. The van der Waals surface area contributed by atoms with Crippen molar-refractivity contribution in [1.29, 1.82) is 0 Å². The highest BCUT2D eigenvalue weighted by Crippen LogP contribution is 2.50. The zero-order valence-electron chi connectivity index (χ0n) is 11.0. The van der Waals surface area contributed by atoms with Crippen molar-refractivity contribution >= 4 is 19.8 Å². The van der Waals surface area contributed by atoms with E-state index < -0.39 is 12.7 Å². The molecule has 0 spiro atoms. The van der Waals surface area contributed by atoms with Crippen LogP contribution in [0.15, 0.2) is 18.2 Å². The van der Waals surface area contributed by atoms with Crippen LogP contribution in [0.1, 0.15) is 24.2 Å². The minimum Gasteiger partial charge on any atom is -0.403 e. The summed E-state index contributed by atoms with van der Waals surface area (Å²) in [6.07, 6.45) is 0.366. The van der Waals surface area contributed by atoms with E-state index in [1.165, 1.54) is 6.07 Å². The SMILES string of the molecule is CCOP(=O)(OCC)Oc1ccc([N+](=O)[O-])cc1C=O. The molecule has 20 heavy (non-hydrogen) atoms. The highest BCUT2D eigenvalue weighted by Gasteiger charge is 2.28. The lowest BCUT2D eigenvalue weighted by Gasteiger charge is -2.17. The van der Waals surface area contributed by atoms with Gasteiger partial charge in [0, 0.05) is 12.1 Å². The lowest BCUT2D eigenvalue weighted by molar-refractivity contribution is -0.384. The molecule has 0 aliphatic carbocycles. The Morgan fingerprint density at radius 2 is 1.90 bits per heavy atom. The summed E-state index contributed by atoms with van der Waals surface area (Å²) in [6, 6.07) is 3.32. The fourth-order valence-electron chi connectivity index (χ4n) is 1.35. The molecule has 0 aliphatic heterocycles. The number of phosphoric ester groups is 1. The van der Waals surface area contributed by atoms with Crippen LogP contribution < -0.4 is 4.52 Å². The number of nitro groups is 1. The number of hydrogen-bond acceptors (Lipinski definition) is 7. The van der Waals surface area contributed by atoms with E-state index in [-0.39, 0.29) is 30.2 Å². The predicted molar refractivity (Wildman–Crippen MR) is 70.0 cm³/mol. The summed E-state index contributed by atoms with van der Waals surface area (Å²) in [5.41, 5.74) is -0.388. The molecule has 8 nitrogen and oxygen atoms in total. The minimum absolute atomic E-state index is 0.0840. The maximum Gasteiger partial charge on any atom is 0.530 e. The van der Waals surface area contributed by atoms with Gasteiger partial charge in [-0.15, -0.1) is 0 Å². The molecule has 0 unspecified atom stereocenters. The van der Waals surface area contributed by atoms with Gasteiger partial charge < -0.3 is 4.52 Å². The van der Waals surface area contributed by atoms with E-state index in [0.29, 0.717) is 6.29 Å². The van der Waals surface area contributed by atoms with Gasteiger partial charge in [0.25, 0.3) is 5.69 Å². The van der Waals surface area contributed by atoms with Crippen molar-refractivity contribution in [3.05, 3.63) is 33.9 Å². The predicted octanol–water partition coefficient (Wildman–Crippen LogP) is 2.97. The van der Waals surface area contributed by atoms with Gasteiger partial charge in [0.2, 0.25) is 0 Å². The Morgan fingerprint density at radius 3 is 2.35 bits per heavy atom. The van der Waals surface area contributed by atoms with Crippen LogP contribution >= 0.6 is 7.82 Å². The number of aldehydes is 1. The molecule has 1 aromatic carbocycles. The number of nitrogens with zero attached hydrogens (tertiary/aromatic N) is 1. The number of carbonyl (C=O) groups excluding carboxylic acids is 1. The molecule has 0 amide bonds. The molecular formula is C11H14NO7P. The molecule has 0 aromatic heterocycles. The molecule has 0 aliphatic rings. The first-order valence-electron chi connectivity index (χ1n) is 5.78. The van der Waals surface area contributed by atoms with E-state index in [0.717, 1.165) is 12.1 Å². The number of non-ortho nitro benzene ring substituents is 1. The third-order valence-corrected chi connectivity index (χ3v) is 3.68. The summed E-state index contributed by atoms with van der Waals surface area (Å²) in [5.74, 6) is -0.101. The Morgan fingerprint density at radius 1 is 1.30 bits per heavy atom. The quantitative estimate of drug-likeness (QED) is 0.314. The molecule has 0 saturated heterocycles. The largest absolute Gasteiger partial charge is 0.530 e. The Hall–Kier alpha value is -1.76. The Labute approximate surface area is 115 Å². The van der Waals surface area contributed by atoms with Gasteiger partial charge in [0.15, 0.2) is 6.29 Å². The van der Waals surface area contributed by atoms with Crippen molar-refractivity contribution in [3.8, 4) is 5.75 Å². The van der Waals surface area contributed by atoms with Crippen LogP contribution in [-0.4, -0.2) is 24.4 Å². The highest BCUT2D eigenvalue weighted by atomic mass is 31.2. The summed E-state index contributed by atoms with van der Waals surface area (Å²) >= 11 is 0. The first kappa shape index (κ1) is 16.3. The molecule has 0 atom stereocenters. The lowest BCUT2D eigenvalue weighted by Crippen LogP contribution is -2.04. The van der Waals surface area contributed by atoms with Crippen LogP contribution in [0, 0.1) is 10.1 Å². The summed E-state index contributed by atoms with van der Waals surface area (Å²) in [4.78, 5) is 20.9. The molecule has 0 heterocycles. The fourth-order valence-corrected chi connectivity index (χ4v) is 2.57. The second-order valence-electron chi connectivity index (χ2n) is 3.47. The van der Waals surface area contributed by atoms with Gasteiger partial charge in [0.05, 0.1) is 23.7 Å². The smallest absolute Gasteiger partial charge is 0.403 e. The third kappa shape index (κ3) is 4.12. The van der Waals surface area contributed by atoms with Crippen molar-refractivity contribution < 1.29 is 27.9 Å². The van der Waals surface area contributed by atoms with Gasteiger partial charge in [-0.3, -0.25) is 24.0 Å². The van der Waals surface area contributed by atoms with Crippen molar-refractivity contribution in [3.63, 3.8) is 0 Å². The standard InChI is InChI=1S/C11H14NO7P/c1-3-17-20(16,18-4-2)19-11-6-5-10(12(14)15)7-9(11)8-13/h5-8H,3-4H2,1-2H3. The first-order chi connectivity index (χ1) is 9.45. The molecule has 0 radical (unpaired) electrons. The van der Waals surface area contributed by atoms with E-state index in [1.807, 2.05) is 0 Å². The Bertz CT molecular complexity index is 536. The molecule has 0 saturated carbocycles. The topological polar surface area (TPSA) is 105 Å². The average Bonchev–Trinajstić information content (AvgIpc) is 2.39. The third-order valence-electron chi connectivity index (χ3n) is 2.12. The molecule has 1 aromatic rings. The van der Waals surface area contributed by atoms with Crippen molar-refractivity contribution in [2.24, 2.45) is 0 Å². The van der Waals surface area contributed by atoms with Crippen molar-refractivity contribution in [2.75, 3.05) is 13.2 Å². The summed E-state index contributed by atoms with van der Waals surface area (Å²) in [7, 11) is -3.85. The van der Waals surface area contributed by atoms with E-state index in [2.05, 4.69) is 0 Å². The number of nitro benzene ring substituents is 1. The van der Waals surface area contributed by atoms with E-state index in [9.17, 15) is 19.5 Å². The number of benzene rings is 1. The van der Waals surface area contributed by atoms with Gasteiger partial charge >= 0.3 is 7.82 Å². The van der Waals surface area contributed by atoms with Crippen LogP contribution in [0.25, 0.3) is 0 Å². The molecule has 0 fully saturated rings. The van der Waals surface area contributed by atoms with Gasteiger partial charge in [-0.25, -0.2) is 4.57 Å². The Balaban J connectivity index is 3.09.